The zero-order chi connectivity index (χ0) is 20.1. The van der Waals surface area contributed by atoms with Crippen LogP contribution < -0.4 is 0 Å². The summed E-state index contributed by atoms with van der Waals surface area (Å²) in [4.78, 5) is 5.32. The second kappa shape index (κ2) is 9.82. The van der Waals surface area contributed by atoms with Gasteiger partial charge in [0.15, 0.2) is 0 Å². The van der Waals surface area contributed by atoms with Gasteiger partial charge in [0.1, 0.15) is 11.6 Å². The highest BCUT2D eigenvalue weighted by Crippen LogP contribution is 2.30. The molecule has 2 heterocycles. The van der Waals surface area contributed by atoms with Crippen LogP contribution in [0.15, 0.2) is 48.5 Å². The largest absolute Gasteiger partial charge is 0.301 e. The van der Waals surface area contributed by atoms with Crippen LogP contribution in [0.2, 0.25) is 0 Å². The van der Waals surface area contributed by atoms with Crippen molar-refractivity contribution in [2.75, 3.05) is 32.7 Å². The van der Waals surface area contributed by atoms with Crippen molar-refractivity contribution >= 4 is 0 Å². The van der Waals surface area contributed by atoms with E-state index in [1.807, 2.05) is 24.3 Å². The van der Waals surface area contributed by atoms with Crippen molar-refractivity contribution in [3.05, 3.63) is 71.3 Å². The third-order valence-corrected chi connectivity index (χ3v) is 6.68. The molecule has 2 aliphatic heterocycles. The van der Waals surface area contributed by atoms with E-state index < -0.39 is 0 Å². The van der Waals surface area contributed by atoms with Gasteiger partial charge in [-0.15, -0.1) is 0 Å². The van der Waals surface area contributed by atoms with E-state index in [9.17, 15) is 8.78 Å². The minimum atomic E-state index is -0.215. The zero-order valence-electron chi connectivity index (χ0n) is 17.2. The van der Waals surface area contributed by atoms with Crippen LogP contribution in [-0.2, 0) is 0 Å². The molecule has 0 aromatic heterocycles. The first-order chi connectivity index (χ1) is 14.2. The minimum Gasteiger partial charge on any atom is -0.301 e. The fraction of sp³-hybridized carbons (Fsp3) is 0.520. The van der Waals surface area contributed by atoms with Crippen molar-refractivity contribution in [2.24, 2.45) is 0 Å². The normalized spacial score (nSPS) is 21.1. The molecule has 2 fully saturated rings. The molecule has 0 amide bonds. The van der Waals surface area contributed by atoms with Crippen molar-refractivity contribution in [1.29, 1.82) is 0 Å². The monoisotopic (exact) mass is 398 g/mol. The quantitative estimate of drug-likeness (QED) is 0.640. The summed E-state index contributed by atoms with van der Waals surface area (Å²) in [6, 6.07) is 14.3. The maximum atomic E-state index is 13.4. The SMILES string of the molecule is Fc1ccc(C(CCCN2CCN3CCCCC[C@H]3C2)c2ccc(F)cc2)cc1. The number of fused-ring (bicyclic) bond motifs is 1. The Morgan fingerprint density at radius 3 is 2.10 bits per heavy atom. The van der Waals surface area contributed by atoms with E-state index in [1.165, 1.54) is 69.6 Å². The molecule has 4 heteroatoms. The molecule has 0 aliphatic carbocycles. The van der Waals surface area contributed by atoms with E-state index in [-0.39, 0.29) is 17.6 Å². The van der Waals surface area contributed by atoms with E-state index in [0.717, 1.165) is 43.1 Å². The first-order valence-electron chi connectivity index (χ1n) is 11.2. The summed E-state index contributed by atoms with van der Waals surface area (Å²) >= 11 is 0. The Kier molecular flexibility index (Phi) is 6.94. The van der Waals surface area contributed by atoms with Crippen LogP contribution in [0.3, 0.4) is 0 Å². The van der Waals surface area contributed by atoms with Crippen LogP contribution in [0.1, 0.15) is 55.6 Å². The minimum absolute atomic E-state index is 0.176. The molecule has 2 aliphatic rings. The highest BCUT2D eigenvalue weighted by Gasteiger charge is 2.27. The van der Waals surface area contributed by atoms with Crippen molar-refractivity contribution < 1.29 is 8.78 Å². The number of benzene rings is 2. The summed E-state index contributed by atoms with van der Waals surface area (Å²) < 4.78 is 26.8. The first kappa shape index (κ1) is 20.5. The Morgan fingerprint density at radius 1 is 0.793 bits per heavy atom. The van der Waals surface area contributed by atoms with Gasteiger partial charge in [0.25, 0.3) is 0 Å². The third-order valence-electron chi connectivity index (χ3n) is 6.68. The van der Waals surface area contributed by atoms with E-state index in [0.29, 0.717) is 0 Å². The van der Waals surface area contributed by atoms with Crippen LogP contribution in [0.5, 0.6) is 0 Å². The fourth-order valence-corrected chi connectivity index (χ4v) is 5.04. The highest BCUT2D eigenvalue weighted by molar-refractivity contribution is 5.32. The Hall–Kier alpha value is -1.78. The van der Waals surface area contributed by atoms with Crippen LogP contribution in [0.4, 0.5) is 8.78 Å². The molecule has 156 valence electrons. The van der Waals surface area contributed by atoms with Gasteiger partial charge in [-0.2, -0.15) is 0 Å². The standard InChI is InChI=1S/C25H32F2N2/c26-22-11-7-20(8-12-22)25(21-9-13-23(27)14-10-21)6-4-15-28-17-18-29-16-3-1-2-5-24(29)19-28/h7-14,24-25H,1-6,15-19H2/t24-/m0/s1. The zero-order valence-corrected chi connectivity index (χ0v) is 17.2. The molecular weight excluding hydrogens is 366 g/mol. The lowest BCUT2D eigenvalue weighted by molar-refractivity contribution is 0.0752. The number of piperazine rings is 1. The van der Waals surface area contributed by atoms with Crippen molar-refractivity contribution in [3.8, 4) is 0 Å². The number of halogens is 2. The molecule has 29 heavy (non-hydrogen) atoms. The first-order valence-corrected chi connectivity index (χ1v) is 11.2. The van der Waals surface area contributed by atoms with Crippen molar-refractivity contribution in [3.63, 3.8) is 0 Å². The number of hydrogen-bond donors (Lipinski definition) is 0. The summed E-state index contributed by atoms with van der Waals surface area (Å²) in [7, 11) is 0. The van der Waals surface area contributed by atoms with Gasteiger partial charge in [0, 0.05) is 31.6 Å². The maximum absolute atomic E-state index is 13.4. The molecule has 0 saturated carbocycles. The topological polar surface area (TPSA) is 6.48 Å². The molecule has 4 rings (SSSR count). The number of rotatable bonds is 6. The Labute approximate surface area is 173 Å². The summed E-state index contributed by atoms with van der Waals surface area (Å²) in [5, 5.41) is 0. The second-order valence-electron chi connectivity index (χ2n) is 8.64. The highest BCUT2D eigenvalue weighted by atomic mass is 19.1. The number of nitrogens with zero attached hydrogens (tertiary/aromatic N) is 2. The maximum Gasteiger partial charge on any atom is 0.123 e. The molecule has 0 unspecified atom stereocenters. The predicted molar refractivity (Wildman–Crippen MR) is 114 cm³/mol. The summed E-state index contributed by atoms with van der Waals surface area (Å²) in [6.45, 7) is 5.93. The average molecular weight is 399 g/mol. The average Bonchev–Trinajstić information content (AvgIpc) is 2.98. The molecule has 0 spiro atoms. The summed E-state index contributed by atoms with van der Waals surface area (Å²) in [5.74, 6) is -0.254. The smallest absolute Gasteiger partial charge is 0.123 e. The molecule has 2 aromatic carbocycles. The van der Waals surface area contributed by atoms with Gasteiger partial charge in [-0.05, 0) is 74.2 Å². The van der Waals surface area contributed by atoms with Gasteiger partial charge in [0.2, 0.25) is 0 Å². The summed E-state index contributed by atoms with van der Waals surface area (Å²) in [5.41, 5.74) is 2.21. The molecule has 2 saturated heterocycles. The predicted octanol–water partition coefficient (Wildman–Crippen LogP) is 5.44. The molecule has 2 nitrogen and oxygen atoms in total. The molecule has 0 N–H and O–H groups in total. The molecule has 0 bridgehead atoms. The van der Waals surface area contributed by atoms with E-state index in [4.69, 9.17) is 0 Å². The van der Waals surface area contributed by atoms with Gasteiger partial charge in [-0.3, -0.25) is 4.90 Å². The number of hydrogen-bond acceptors (Lipinski definition) is 2. The van der Waals surface area contributed by atoms with Gasteiger partial charge in [-0.1, -0.05) is 37.1 Å². The van der Waals surface area contributed by atoms with Crippen LogP contribution in [-0.4, -0.2) is 48.6 Å². The Balaban J connectivity index is 1.38. The molecule has 0 radical (unpaired) electrons. The lowest BCUT2D eigenvalue weighted by Crippen LogP contribution is -2.52. The third kappa shape index (κ3) is 5.43. The molecule has 2 aromatic rings. The fourth-order valence-electron chi connectivity index (χ4n) is 5.04. The van der Waals surface area contributed by atoms with Crippen LogP contribution in [0, 0.1) is 11.6 Å². The molecule has 1 atom stereocenters. The van der Waals surface area contributed by atoms with E-state index in [2.05, 4.69) is 9.80 Å². The van der Waals surface area contributed by atoms with Crippen molar-refractivity contribution in [2.45, 2.75) is 50.5 Å². The Morgan fingerprint density at radius 2 is 1.45 bits per heavy atom. The van der Waals surface area contributed by atoms with Gasteiger partial charge in [-0.25, -0.2) is 8.78 Å². The van der Waals surface area contributed by atoms with Gasteiger partial charge in [0.05, 0.1) is 0 Å². The van der Waals surface area contributed by atoms with E-state index in [1.54, 1.807) is 0 Å². The van der Waals surface area contributed by atoms with Crippen LogP contribution in [0.25, 0.3) is 0 Å². The second-order valence-corrected chi connectivity index (χ2v) is 8.64. The van der Waals surface area contributed by atoms with E-state index >= 15 is 0 Å². The van der Waals surface area contributed by atoms with Gasteiger partial charge < -0.3 is 4.90 Å². The molecular formula is C25H32F2N2. The lowest BCUT2D eigenvalue weighted by atomic mass is 9.87. The lowest BCUT2D eigenvalue weighted by Gasteiger charge is -2.40. The Bertz CT molecular complexity index is 714. The summed E-state index contributed by atoms with van der Waals surface area (Å²) in [6.07, 6.45) is 7.52. The van der Waals surface area contributed by atoms with Crippen LogP contribution >= 0.6 is 0 Å². The van der Waals surface area contributed by atoms with Crippen molar-refractivity contribution in [1.82, 2.24) is 9.80 Å². The van der Waals surface area contributed by atoms with Gasteiger partial charge >= 0.3 is 0 Å².